The molecular weight excluding hydrogens is 292 g/mol. The van der Waals surface area contributed by atoms with Gasteiger partial charge in [0.05, 0.1) is 17.8 Å². The van der Waals surface area contributed by atoms with E-state index in [9.17, 15) is 5.11 Å². The zero-order valence-electron chi connectivity index (χ0n) is 12.4. The van der Waals surface area contributed by atoms with Crippen LogP contribution in [0.4, 0.5) is 0 Å². The van der Waals surface area contributed by atoms with E-state index in [0.717, 1.165) is 11.5 Å². The Morgan fingerprint density at radius 1 is 1.22 bits per heavy atom. The van der Waals surface area contributed by atoms with Gasteiger partial charge in [0.1, 0.15) is 11.9 Å². The van der Waals surface area contributed by atoms with E-state index in [2.05, 4.69) is 25.4 Å². The Morgan fingerprint density at radius 2 is 2.17 bits per heavy atom. The van der Waals surface area contributed by atoms with Gasteiger partial charge in [-0.3, -0.25) is 15.0 Å². The molecule has 1 unspecified atom stereocenters. The number of rotatable bonds is 5. The van der Waals surface area contributed by atoms with Crippen molar-refractivity contribution in [1.82, 2.24) is 30.0 Å². The Labute approximate surface area is 133 Å². The molecule has 3 N–H and O–H groups in total. The first-order chi connectivity index (χ1) is 11.3. The second-order valence-electron chi connectivity index (χ2n) is 5.71. The van der Waals surface area contributed by atoms with Crippen molar-refractivity contribution >= 4 is 0 Å². The smallest absolute Gasteiger partial charge is 0.129 e. The minimum Gasteiger partial charge on any atom is -0.391 e. The van der Waals surface area contributed by atoms with Crippen LogP contribution in [0.1, 0.15) is 30.0 Å². The fraction of sp³-hybridized carbons (Fsp3) is 0.312. The van der Waals surface area contributed by atoms with E-state index < -0.39 is 6.10 Å². The molecular formula is C16H18N6O. The number of imidazole rings is 1. The fourth-order valence-electron chi connectivity index (χ4n) is 3.10. The Bertz CT molecular complexity index is 727. The molecule has 0 radical (unpaired) electrons. The maximum atomic E-state index is 10.1. The monoisotopic (exact) mass is 310 g/mol. The van der Waals surface area contributed by atoms with Crippen molar-refractivity contribution in [2.75, 3.05) is 0 Å². The third-order valence-corrected chi connectivity index (χ3v) is 4.29. The number of nitrogens with one attached hydrogen (secondary N) is 2. The van der Waals surface area contributed by atoms with E-state index in [-0.39, 0.29) is 18.1 Å². The number of aliphatic hydroxyl groups is 1. The van der Waals surface area contributed by atoms with Crippen LogP contribution in [-0.2, 0) is 0 Å². The summed E-state index contributed by atoms with van der Waals surface area (Å²) < 4.78 is 1.81. The summed E-state index contributed by atoms with van der Waals surface area (Å²) in [4.78, 5) is 12.0. The molecule has 23 heavy (non-hydrogen) atoms. The largest absolute Gasteiger partial charge is 0.391 e. The number of aliphatic hydroxyl groups excluding tert-OH is 1. The first-order valence-corrected chi connectivity index (χ1v) is 7.66. The molecule has 0 saturated heterocycles. The summed E-state index contributed by atoms with van der Waals surface area (Å²) in [6, 6.07) is 7.56. The van der Waals surface area contributed by atoms with Gasteiger partial charge in [-0.25, -0.2) is 4.98 Å². The third kappa shape index (κ3) is 2.64. The van der Waals surface area contributed by atoms with Gasteiger partial charge >= 0.3 is 0 Å². The molecule has 3 heterocycles. The maximum absolute atomic E-state index is 10.1. The fourth-order valence-corrected chi connectivity index (χ4v) is 3.10. The first kappa shape index (κ1) is 14.1. The molecule has 0 amide bonds. The van der Waals surface area contributed by atoms with Gasteiger partial charge in [0.25, 0.3) is 0 Å². The lowest BCUT2D eigenvalue weighted by Crippen LogP contribution is -2.55. The van der Waals surface area contributed by atoms with Crippen LogP contribution >= 0.6 is 0 Å². The van der Waals surface area contributed by atoms with E-state index in [1.165, 1.54) is 0 Å². The number of hydrogen-bond acceptors (Lipinski definition) is 5. The van der Waals surface area contributed by atoms with Crippen molar-refractivity contribution < 1.29 is 5.11 Å². The van der Waals surface area contributed by atoms with Crippen LogP contribution < -0.4 is 5.32 Å². The highest BCUT2D eigenvalue weighted by Gasteiger charge is 2.43. The second kappa shape index (κ2) is 5.94. The van der Waals surface area contributed by atoms with Crippen molar-refractivity contribution in [1.29, 1.82) is 0 Å². The Morgan fingerprint density at radius 3 is 2.83 bits per heavy atom. The summed E-state index contributed by atoms with van der Waals surface area (Å²) in [6.45, 7) is 0. The predicted octanol–water partition coefficient (Wildman–Crippen LogP) is 1.05. The minimum atomic E-state index is -0.395. The van der Waals surface area contributed by atoms with Crippen molar-refractivity contribution in [3.8, 4) is 0 Å². The number of hydrogen-bond donors (Lipinski definition) is 3. The summed E-state index contributed by atoms with van der Waals surface area (Å²) in [6.07, 6.45) is 9.19. The number of aromatic nitrogens is 5. The van der Waals surface area contributed by atoms with Crippen LogP contribution in [0.15, 0.2) is 55.2 Å². The van der Waals surface area contributed by atoms with E-state index in [0.29, 0.717) is 6.42 Å². The topological polar surface area (TPSA) is 91.6 Å². The molecule has 0 spiro atoms. The van der Waals surface area contributed by atoms with Gasteiger partial charge in [0, 0.05) is 37.0 Å². The molecule has 4 atom stereocenters. The van der Waals surface area contributed by atoms with Crippen LogP contribution in [0.5, 0.6) is 0 Å². The van der Waals surface area contributed by atoms with Gasteiger partial charge in [-0.15, -0.1) is 0 Å². The average molecular weight is 310 g/mol. The number of H-pyrrole nitrogens is 1. The zero-order valence-corrected chi connectivity index (χ0v) is 12.4. The number of aromatic amines is 1. The SMILES string of the molecule is O[C@@H]1C[C@H](NC(c2ccccn2)c2ncc[nH]2)[C@H]1n1cccn1. The van der Waals surface area contributed by atoms with Crippen LogP contribution in [0.3, 0.4) is 0 Å². The number of nitrogens with zero attached hydrogens (tertiary/aromatic N) is 4. The van der Waals surface area contributed by atoms with E-state index >= 15 is 0 Å². The van der Waals surface area contributed by atoms with Crippen molar-refractivity contribution in [3.05, 3.63) is 66.8 Å². The van der Waals surface area contributed by atoms with Gasteiger partial charge in [-0.2, -0.15) is 5.10 Å². The lowest BCUT2D eigenvalue weighted by Gasteiger charge is -2.43. The molecule has 1 aliphatic rings. The molecule has 1 aliphatic carbocycles. The average Bonchev–Trinajstić information content (AvgIpc) is 3.25. The minimum absolute atomic E-state index is 0.0776. The van der Waals surface area contributed by atoms with E-state index in [4.69, 9.17) is 0 Å². The van der Waals surface area contributed by atoms with Gasteiger partial charge in [-0.1, -0.05) is 6.07 Å². The van der Waals surface area contributed by atoms with Crippen molar-refractivity contribution in [3.63, 3.8) is 0 Å². The third-order valence-electron chi connectivity index (χ3n) is 4.29. The summed E-state index contributed by atoms with van der Waals surface area (Å²) in [5, 5.41) is 17.9. The highest BCUT2D eigenvalue weighted by Crippen LogP contribution is 2.34. The maximum Gasteiger partial charge on any atom is 0.129 e. The highest BCUT2D eigenvalue weighted by molar-refractivity contribution is 5.18. The molecule has 118 valence electrons. The Hall–Kier alpha value is -2.51. The molecule has 7 nitrogen and oxygen atoms in total. The van der Waals surface area contributed by atoms with Gasteiger partial charge in [-0.05, 0) is 24.6 Å². The normalized spacial score (nSPS) is 25.0. The van der Waals surface area contributed by atoms with Crippen LogP contribution in [0.2, 0.25) is 0 Å². The molecule has 0 bridgehead atoms. The molecule has 3 aromatic heterocycles. The quantitative estimate of drug-likeness (QED) is 0.655. The summed E-state index contributed by atoms with van der Waals surface area (Å²) in [5.41, 5.74) is 0.892. The lowest BCUT2D eigenvalue weighted by atomic mass is 9.82. The summed E-state index contributed by atoms with van der Waals surface area (Å²) in [7, 11) is 0. The first-order valence-electron chi connectivity index (χ1n) is 7.66. The van der Waals surface area contributed by atoms with Gasteiger partial charge < -0.3 is 10.1 Å². The summed E-state index contributed by atoms with van der Waals surface area (Å²) in [5.74, 6) is 0.810. The van der Waals surface area contributed by atoms with Crippen molar-refractivity contribution in [2.24, 2.45) is 0 Å². The predicted molar refractivity (Wildman–Crippen MR) is 83.5 cm³/mol. The molecule has 7 heteroatoms. The molecule has 3 aromatic rings. The molecule has 4 rings (SSSR count). The standard InChI is InChI=1S/C16H18N6O/c23-13-10-12(15(13)22-9-3-6-20-22)21-14(16-18-7-8-19-16)11-4-1-2-5-17-11/h1-9,12-15,21,23H,10H2,(H,18,19)/t12-,13+,14?,15+/m0/s1. The van der Waals surface area contributed by atoms with Crippen LogP contribution in [0, 0.1) is 0 Å². The van der Waals surface area contributed by atoms with Crippen molar-refractivity contribution in [2.45, 2.75) is 30.7 Å². The zero-order chi connectivity index (χ0) is 15.6. The lowest BCUT2D eigenvalue weighted by molar-refractivity contribution is -0.0107. The highest BCUT2D eigenvalue weighted by atomic mass is 16.3. The number of pyridine rings is 1. The Kier molecular flexibility index (Phi) is 3.64. The van der Waals surface area contributed by atoms with Crippen LogP contribution in [0.25, 0.3) is 0 Å². The van der Waals surface area contributed by atoms with Crippen LogP contribution in [-0.4, -0.2) is 42.0 Å². The van der Waals surface area contributed by atoms with Gasteiger partial charge in [0.2, 0.25) is 0 Å². The second-order valence-corrected chi connectivity index (χ2v) is 5.71. The summed E-state index contributed by atoms with van der Waals surface area (Å²) >= 11 is 0. The molecule has 1 fully saturated rings. The van der Waals surface area contributed by atoms with Gasteiger partial charge in [0.15, 0.2) is 0 Å². The Balaban J connectivity index is 1.59. The molecule has 1 saturated carbocycles. The van der Waals surface area contributed by atoms with E-state index in [1.54, 1.807) is 24.8 Å². The van der Waals surface area contributed by atoms with E-state index in [1.807, 2.05) is 35.1 Å². The molecule has 0 aromatic carbocycles. The molecule has 0 aliphatic heterocycles.